The van der Waals surface area contributed by atoms with Gasteiger partial charge in [0, 0.05) is 12.4 Å². The summed E-state index contributed by atoms with van der Waals surface area (Å²) >= 11 is 11.6. The molecule has 2 aromatic rings. The number of rotatable bonds is 2. The van der Waals surface area contributed by atoms with Gasteiger partial charge in [-0.3, -0.25) is 4.79 Å². The predicted octanol–water partition coefficient (Wildman–Crippen LogP) is 1.84. The summed E-state index contributed by atoms with van der Waals surface area (Å²) in [5.41, 5.74) is -1.01. The summed E-state index contributed by atoms with van der Waals surface area (Å²) in [7, 11) is 0. The minimum absolute atomic E-state index is 0.0756. The Kier molecular flexibility index (Phi) is 3.31. The maximum atomic E-state index is 11.5. The minimum atomic E-state index is -1.36. The average molecular weight is 286 g/mol. The lowest BCUT2D eigenvalue weighted by atomic mass is 10.3. The second-order valence-electron chi connectivity index (χ2n) is 3.26. The van der Waals surface area contributed by atoms with E-state index < -0.39 is 17.1 Å². The van der Waals surface area contributed by atoms with E-state index in [0.717, 1.165) is 6.20 Å². The van der Waals surface area contributed by atoms with E-state index in [1.54, 1.807) is 0 Å². The lowest BCUT2D eigenvalue weighted by Gasteiger charge is -2.03. The molecule has 2 heterocycles. The Morgan fingerprint density at radius 2 is 2.00 bits per heavy atom. The molecule has 0 bridgehead atoms. The van der Waals surface area contributed by atoms with E-state index in [-0.39, 0.29) is 16.5 Å². The molecule has 6 nitrogen and oxygen atoms in total. The van der Waals surface area contributed by atoms with Crippen LogP contribution in [0.3, 0.4) is 0 Å². The van der Waals surface area contributed by atoms with Gasteiger partial charge in [0.05, 0.1) is 10.0 Å². The van der Waals surface area contributed by atoms with Crippen molar-refractivity contribution in [1.82, 2.24) is 15.0 Å². The van der Waals surface area contributed by atoms with Crippen molar-refractivity contribution in [1.29, 1.82) is 0 Å². The maximum absolute atomic E-state index is 11.5. The third-order valence-corrected chi connectivity index (χ3v) is 2.56. The molecule has 8 heteroatoms. The fourth-order valence-corrected chi connectivity index (χ4v) is 1.73. The molecule has 0 amide bonds. The SMILES string of the molecule is O=C(O)c1cnc(-c2ncc(Cl)cc2Cl)[nH]c1=O. The number of aromatic carboxylic acids is 1. The van der Waals surface area contributed by atoms with Gasteiger partial charge in [0.1, 0.15) is 11.3 Å². The number of pyridine rings is 1. The molecule has 0 aliphatic rings. The zero-order chi connectivity index (χ0) is 13.3. The molecule has 0 aliphatic heterocycles. The van der Waals surface area contributed by atoms with E-state index in [2.05, 4.69) is 15.0 Å². The van der Waals surface area contributed by atoms with Crippen LogP contribution in [0, 0.1) is 0 Å². The van der Waals surface area contributed by atoms with Crippen molar-refractivity contribution >= 4 is 29.2 Å². The highest BCUT2D eigenvalue weighted by Crippen LogP contribution is 2.24. The molecule has 92 valence electrons. The molecular weight excluding hydrogens is 281 g/mol. The zero-order valence-electron chi connectivity index (χ0n) is 8.65. The van der Waals surface area contributed by atoms with Gasteiger partial charge in [-0.15, -0.1) is 0 Å². The summed E-state index contributed by atoms with van der Waals surface area (Å²) < 4.78 is 0. The number of nitrogens with zero attached hydrogens (tertiary/aromatic N) is 2. The molecular formula is C10H5Cl2N3O3. The Bertz CT molecular complexity index is 684. The van der Waals surface area contributed by atoms with Crippen LogP contribution in [0.25, 0.3) is 11.5 Å². The molecule has 2 rings (SSSR count). The van der Waals surface area contributed by atoms with Crippen LogP contribution in [-0.2, 0) is 0 Å². The van der Waals surface area contributed by atoms with Crippen LogP contribution >= 0.6 is 23.2 Å². The van der Waals surface area contributed by atoms with Crippen LogP contribution in [0.5, 0.6) is 0 Å². The molecule has 0 saturated carbocycles. The molecule has 0 aromatic carbocycles. The number of halogens is 2. The van der Waals surface area contributed by atoms with E-state index in [4.69, 9.17) is 28.3 Å². The van der Waals surface area contributed by atoms with Crippen molar-refractivity contribution in [3.8, 4) is 11.5 Å². The van der Waals surface area contributed by atoms with Crippen LogP contribution in [0.2, 0.25) is 10.0 Å². The van der Waals surface area contributed by atoms with E-state index in [0.29, 0.717) is 5.02 Å². The van der Waals surface area contributed by atoms with Crippen LogP contribution in [-0.4, -0.2) is 26.0 Å². The van der Waals surface area contributed by atoms with Crippen molar-refractivity contribution in [2.45, 2.75) is 0 Å². The first-order valence-corrected chi connectivity index (χ1v) is 5.38. The summed E-state index contributed by atoms with van der Waals surface area (Å²) in [6.07, 6.45) is 2.29. The first-order valence-electron chi connectivity index (χ1n) is 4.63. The van der Waals surface area contributed by atoms with E-state index in [1.165, 1.54) is 12.3 Å². The van der Waals surface area contributed by atoms with Gasteiger partial charge in [-0.1, -0.05) is 23.2 Å². The molecule has 18 heavy (non-hydrogen) atoms. The lowest BCUT2D eigenvalue weighted by Crippen LogP contribution is -2.19. The van der Waals surface area contributed by atoms with E-state index in [9.17, 15) is 9.59 Å². The van der Waals surface area contributed by atoms with Crippen molar-refractivity contribution in [2.24, 2.45) is 0 Å². The van der Waals surface area contributed by atoms with Crippen molar-refractivity contribution in [2.75, 3.05) is 0 Å². The normalized spacial score (nSPS) is 10.3. The van der Waals surface area contributed by atoms with Crippen LogP contribution in [0.15, 0.2) is 23.3 Å². The summed E-state index contributed by atoms with van der Waals surface area (Å²) in [5.74, 6) is -1.28. The van der Waals surface area contributed by atoms with Crippen LogP contribution < -0.4 is 5.56 Å². The van der Waals surface area contributed by atoms with Gasteiger partial charge in [-0.05, 0) is 6.07 Å². The second kappa shape index (κ2) is 4.75. The fraction of sp³-hybridized carbons (Fsp3) is 0. The smallest absolute Gasteiger partial charge is 0.342 e. The third-order valence-electron chi connectivity index (χ3n) is 2.06. The molecule has 0 aliphatic carbocycles. The van der Waals surface area contributed by atoms with E-state index in [1.807, 2.05) is 0 Å². The Balaban J connectivity index is 2.56. The van der Waals surface area contributed by atoms with E-state index >= 15 is 0 Å². The molecule has 0 saturated heterocycles. The Hall–Kier alpha value is -1.92. The number of carbonyl (C=O) groups is 1. The summed E-state index contributed by atoms with van der Waals surface area (Å²) in [4.78, 5) is 32.1. The van der Waals surface area contributed by atoms with Gasteiger partial charge < -0.3 is 10.1 Å². The molecule has 0 fully saturated rings. The first kappa shape index (κ1) is 12.5. The van der Waals surface area contributed by atoms with Gasteiger partial charge in [-0.2, -0.15) is 0 Å². The van der Waals surface area contributed by atoms with Crippen molar-refractivity contribution in [3.63, 3.8) is 0 Å². The van der Waals surface area contributed by atoms with Gasteiger partial charge >= 0.3 is 5.97 Å². The third kappa shape index (κ3) is 2.34. The molecule has 2 N–H and O–H groups in total. The molecule has 0 atom stereocenters. The highest BCUT2D eigenvalue weighted by Gasteiger charge is 2.13. The quantitative estimate of drug-likeness (QED) is 0.878. The fourth-order valence-electron chi connectivity index (χ4n) is 1.26. The zero-order valence-corrected chi connectivity index (χ0v) is 10.2. The number of H-pyrrole nitrogens is 1. The summed E-state index contributed by atoms with van der Waals surface area (Å²) in [6, 6.07) is 1.44. The number of carboxylic acid groups (broad SMARTS) is 1. The van der Waals surface area contributed by atoms with Crippen molar-refractivity contribution in [3.05, 3.63) is 44.4 Å². The number of nitrogens with one attached hydrogen (secondary N) is 1. The highest BCUT2D eigenvalue weighted by atomic mass is 35.5. The topological polar surface area (TPSA) is 95.9 Å². The van der Waals surface area contributed by atoms with Crippen LogP contribution in [0.1, 0.15) is 10.4 Å². The average Bonchev–Trinajstić information content (AvgIpc) is 2.28. The van der Waals surface area contributed by atoms with Gasteiger partial charge in [0.2, 0.25) is 0 Å². The number of aromatic amines is 1. The van der Waals surface area contributed by atoms with Gasteiger partial charge in [-0.25, -0.2) is 14.8 Å². The number of carboxylic acids is 1. The monoisotopic (exact) mass is 285 g/mol. The van der Waals surface area contributed by atoms with Gasteiger partial charge in [0.15, 0.2) is 5.82 Å². The number of hydrogen-bond acceptors (Lipinski definition) is 4. The predicted molar refractivity (Wildman–Crippen MR) is 65.1 cm³/mol. The Morgan fingerprint density at radius 1 is 1.28 bits per heavy atom. The summed E-state index contributed by atoms with van der Waals surface area (Å²) in [6.45, 7) is 0. The first-order chi connectivity index (χ1) is 8.49. The summed E-state index contributed by atoms with van der Waals surface area (Å²) in [5, 5.41) is 9.24. The largest absolute Gasteiger partial charge is 0.477 e. The second-order valence-corrected chi connectivity index (χ2v) is 4.11. The Labute approximate surface area is 110 Å². The molecule has 2 aromatic heterocycles. The Morgan fingerprint density at radius 3 is 2.56 bits per heavy atom. The lowest BCUT2D eigenvalue weighted by molar-refractivity contribution is 0.0694. The molecule has 0 unspecified atom stereocenters. The minimum Gasteiger partial charge on any atom is -0.477 e. The van der Waals surface area contributed by atoms with Crippen LogP contribution in [0.4, 0.5) is 0 Å². The van der Waals surface area contributed by atoms with Gasteiger partial charge in [0.25, 0.3) is 5.56 Å². The standard InChI is InChI=1S/C10H5Cl2N3O3/c11-4-1-6(12)7(13-2-4)8-14-3-5(10(17)18)9(16)15-8/h1-3H,(H,17,18)(H,14,15,16). The van der Waals surface area contributed by atoms with Crippen molar-refractivity contribution < 1.29 is 9.90 Å². The maximum Gasteiger partial charge on any atom is 0.342 e. The number of hydrogen-bond donors (Lipinski definition) is 2. The number of aromatic nitrogens is 3. The molecule has 0 spiro atoms. The highest BCUT2D eigenvalue weighted by molar-refractivity contribution is 6.35. The molecule has 0 radical (unpaired) electrons.